The van der Waals surface area contributed by atoms with Crippen LogP contribution in [0.4, 0.5) is 0 Å². The molecule has 0 saturated heterocycles. The second kappa shape index (κ2) is 5.64. The Morgan fingerprint density at radius 2 is 1.80 bits per heavy atom. The number of nitrogens with zero attached hydrogens (tertiary/aromatic N) is 1. The van der Waals surface area contributed by atoms with Crippen LogP contribution >= 0.6 is 0 Å². The van der Waals surface area contributed by atoms with Crippen molar-refractivity contribution < 1.29 is 17.9 Å². The quantitative estimate of drug-likeness (QED) is 0.731. The zero-order valence-corrected chi connectivity index (χ0v) is 14.1. The average Bonchev–Trinajstić information content (AvgIpc) is 3.18. The molecule has 8 nitrogen and oxygen atoms in total. The Morgan fingerprint density at radius 3 is 2.64 bits per heavy atom. The van der Waals surface area contributed by atoms with Crippen LogP contribution in [0.15, 0.2) is 46.1 Å². The Labute approximate surface area is 143 Å². The second-order valence-corrected chi connectivity index (χ2v) is 7.78. The van der Waals surface area contributed by atoms with Crippen LogP contribution < -0.4 is 15.2 Å². The minimum atomic E-state index is -3.71. The molecule has 0 unspecified atom stereocenters. The average molecular weight is 361 g/mol. The molecule has 1 aliphatic rings. The maximum Gasteiger partial charge on any atom is 0.323 e. The monoisotopic (exact) mass is 361 g/mol. The molecule has 25 heavy (non-hydrogen) atoms. The predicted molar refractivity (Wildman–Crippen MR) is 90.1 cm³/mol. The lowest BCUT2D eigenvalue weighted by atomic mass is 10.2. The van der Waals surface area contributed by atoms with Gasteiger partial charge in [-0.2, -0.15) is 4.31 Å². The van der Waals surface area contributed by atoms with E-state index in [0.717, 1.165) is 5.56 Å². The molecule has 0 amide bonds. The van der Waals surface area contributed by atoms with Crippen molar-refractivity contribution in [2.75, 3.05) is 13.8 Å². The van der Waals surface area contributed by atoms with E-state index < -0.39 is 10.0 Å². The van der Waals surface area contributed by atoms with E-state index in [1.54, 1.807) is 24.3 Å². The molecule has 130 valence electrons. The van der Waals surface area contributed by atoms with Crippen molar-refractivity contribution in [3.63, 3.8) is 0 Å². The lowest BCUT2D eigenvalue weighted by molar-refractivity contribution is 0.174. The predicted octanol–water partition coefficient (Wildman–Crippen LogP) is 1.41. The summed E-state index contributed by atoms with van der Waals surface area (Å²) < 4.78 is 37.4. The summed E-state index contributed by atoms with van der Waals surface area (Å²) in [6.45, 7) is 0.350. The van der Waals surface area contributed by atoms with E-state index in [4.69, 9.17) is 9.47 Å². The highest BCUT2D eigenvalue weighted by molar-refractivity contribution is 7.89. The van der Waals surface area contributed by atoms with Crippen LogP contribution in [0.25, 0.3) is 11.0 Å². The topological polar surface area (TPSA) is 104 Å². The third-order valence-electron chi connectivity index (χ3n) is 4.04. The first-order chi connectivity index (χ1) is 11.9. The fourth-order valence-corrected chi connectivity index (χ4v) is 3.92. The Kier molecular flexibility index (Phi) is 3.55. The van der Waals surface area contributed by atoms with E-state index in [9.17, 15) is 13.2 Å². The van der Waals surface area contributed by atoms with E-state index >= 15 is 0 Å². The fourth-order valence-electron chi connectivity index (χ4n) is 2.73. The van der Waals surface area contributed by atoms with Crippen LogP contribution in [0.5, 0.6) is 11.5 Å². The van der Waals surface area contributed by atoms with Gasteiger partial charge in [0.05, 0.1) is 15.9 Å². The molecule has 4 rings (SSSR count). The third-order valence-corrected chi connectivity index (χ3v) is 5.84. The maximum absolute atomic E-state index is 12.8. The molecule has 0 bridgehead atoms. The highest BCUT2D eigenvalue weighted by atomic mass is 32.2. The highest BCUT2D eigenvalue weighted by Crippen LogP contribution is 2.33. The van der Waals surface area contributed by atoms with Crippen molar-refractivity contribution in [1.82, 2.24) is 14.3 Å². The Morgan fingerprint density at radius 1 is 1.04 bits per heavy atom. The van der Waals surface area contributed by atoms with Gasteiger partial charge in [0.15, 0.2) is 11.5 Å². The molecule has 2 N–H and O–H groups in total. The van der Waals surface area contributed by atoms with Gasteiger partial charge < -0.3 is 19.4 Å². The summed E-state index contributed by atoms with van der Waals surface area (Å²) in [6, 6.07) is 9.80. The third kappa shape index (κ3) is 2.77. The summed E-state index contributed by atoms with van der Waals surface area (Å²) >= 11 is 0. The first-order valence-corrected chi connectivity index (χ1v) is 8.94. The van der Waals surface area contributed by atoms with Crippen LogP contribution in [-0.2, 0) is 16.6 Å². The first-order valence-electron chi connectivity index (χ1n) is 7.50. The Hall–Kier alpha value is -2.78. The van der Waals surface area contributed by atoms with Gasteiger partial charge in [-0.15, -0.1) is 0 Å². The van der Waals surface area contributed by atoms with Gasteiger partial charge in [0.1, 0.15) is 0 Å². The molecule has 3 aromatic rings. The summed E-state index contributed by atoms with van der Waals surface area (Å²) in [5, 5.41) is 0. The van der Waals surface area contributed by atoms with E-state index in [-0.39, 0.29) is 23.9 Å². The van der Waals surface area contributed by atoms with Gasteiger partial charge in [-0.3, -0.25) is 0 Å². The van der Waals surface area contributed by atoms with Crippen molar-refractivity contribution in [2.24, 2.45) is 0 Å². The molecule has 0 radical (unpaired) electrons. The standard InChI is InChI=1S/C16H15N3O5S/c1-19(8-10-2-5-14-15(6-10)24-9-23-14)25(21,22)11-3-4-12-13(7-11)18-16(20)17-12/h2-7H,8-9H2,1H3,(H2,17,18,20). The Balaban J connectivity index is 1.62. The minimum Gasteiger partial charge on any atom is -0.454 e. The number of hydrogen-bond acceptors (Lipinski definition) is 5. The fraction of sp³-hybridized carbons (Fsp3) is 0.188. The smallest absolute Gasteiger partial charge is 0.323 e. The summed E-state index contributed by atoms with van der Waals surface area (Å²) in [5.74, 6) is 1.26. The lowest BCUT2D eigenvalue weighted by Crippen LogP contribution is -2.26. The van der Waals surface area contributed by atoms with E-state index in [1.165, 1.54) is 23.5 Å². The largest absolute Gasteiger partial charge is 0.454 e. The molecule has 2 aromatic carbocycles. The molecule has 1 aliphatic heterocycles. The number of sulfonamides is 1. The molecule has 2 heterocycles. The number of nitrogens with one attached hydrogen (secondary N) is 2. The van der Waals surface area contributed by atoms with E-state index in [0.29, 0.717) is 22.5 Å². The molecule has 0 atom stereocenters. The molecule has 1 aromatic heterocycles. The Bertz CT molecular complexity index is 1120. The first kappa shape index (κ1) is 15.7. The lowest BCUT2D eigenvalue weighted by Gasteiger charge is -2.17. The van der Waals surface area contributed by atoms with Crippen molar-refractivity contribution >= 4 is 21.1 Å². The molecule has 0 spiro atoms. The summed E-state index contributed by atoms with van der Waals surface area (Å²) in [4.78, 5) is 16.6. The number of aromatic amines is 2. The number of imidazole rings is 1. The normalized spacial score (nSPS) is 13.7. The minimum absolute atomic E-state index is 0.110. The van der Waals surface area contributed by atoms with Crippen LogP contribution in [-0.4, -0.2) is 36.5 Å². The number of fused-ring (bicyclic) bond motifs is 2. The van der Waals surface area contributed by atoms with Crippen LogP contribution in [0, 0.1) is 0 Å². The van der Waals surface area contributed by atoms with E-state index in [2.05, 4.69) is 9.97 Å². The van der Waals surface area contributed by atoms with Crippen LogP contribution in [0.1, 0.15) is 5.56 Å². The number of H-pyrrole nitrogens is 2. The molecular weight excluding hydrogens is 346 g/mol. The maximum atomic E-state index is 12.8. The van der Waals surface area contributed by atoms with Gasteiger partial charge in [0.25, 0.3) is 0 Å². The number of rotatable bonds is 4. The van der Waals surface area contributed by atoms with Crippen LogP contribution in [0.2, 0.25) is 0 Å². The zero-order valence-electron chi connectivity index (χ0n) is 13.3. The van der Waals surface area contributed by atoms with Gasteiger partial charge in [0, 0.05) is 13.6 Å². The van der Waals surface area contributed by atoms with Gasteiger partial charge in [0.2, 0.25) is 16.8 Å². The van der Waals surface area contributed by atoms with Crippen LogP contribution in [0.3, 0.4) is 0 Å². The number of benzene rings is 2. The summed E-state index contributed by atoms with van der Waals surface area (Å²) in [7, 11) is -2.20. The highest BCUT2D eigenvalue weighted by Gasteiger charge is 2.22. The van der Waals surface area contributed by atoms with Gasteiger partial charge in [-0.25, -0.2) is 13.2 Å². The number of aromatic nitrogens is 2. The van der Waals surface area contributed by atoms with Gasteiger partial charge in [-0.05, 0) is 35.9 Å². The van der Waals surface area contributed by atoms with Crippen molar-refractivity contribution in [3.8, 4) is 11.5 Å². The molecule has 9 heteroatoms. The SMILES string of the molecule is CN(Cc1ccc2c(c1)OCO2)S(=O)(=O)c1ccc2[nH]c(=O)[nH]c2c1. The summed E-state index contributed by atoms with van der Waals surface area (Å²) in [5.41, 5.74) is 1.41. The molecular formula is C16H15N3O5S. The molecule has 0 fully saturated rings. The van der Waals surface area contributed by atoms with E-state index in [1.807, 2.05) is 0 Å². The van der Waals surface area contributed by atoms with Crippen molar-refractivity contribution in [3.05, 3.63) is 52.4 Å². The number of hydrogen-bond donors (Lipinski definition) is 2. The zero-order chi connectivity index (χ0) is 17.6. The second-order valence-electron chi connectivity index (χ2n) is 5.74. The summed E-state index contributed by atoms with van der Waals surface area (Å²) in [6.07, 6.45) is 0. The molecule has 0 aliphatic carbocycles. The van der Waals surface area contributed by atoms with Gasteiger partial charge >= 0.3 is 5.69 Å². The van der Waals surface area contributed by atoms with Crippen molar-refractivity contribution in [2.45, 2.75) is 11.4 Å². The number of ether oxygens (including phenoxy) is 2. The van der Waals surface area contributed by atoms with Crippen molar-refractivity contribution in [1.29, 1.82) is 0 Å². The molecule has 0 saturated carbocycles. The van der Waals surface area contributed by atoms with Gasteiger partial charge in [-0.1, -0.05) is 6.07 Å².